The van der Waals surface area contributed by atoms with E-state index in [-0.39, 0.29) is 5.56 Å². The highest BCUT2D eigenvalue weighted by molar-refractivity contribution is 7.98. The summed E-state index contributed by atoms with van der Waals surface area (Å²) in [5.74, 6) is 0.655. The second-order valence-corrected chi connectivity index (χ2v) is 4.79. The Balaban J connectivity index is 2.49. The van der Waals surface area contributed by atoms with Gasteiger partial charge in [0, 0.05) is 12.7 Å². The molecule has 0 saturated carbocycles. The van der Waals surface area contributed by atoms with Gasteiger partial charge < -0.3 is 10.4 Å². The van der Waals surface area contributed by atoms with E-state index in [1.54, 1.807) is 11.8 Å². The Labute approximate surface area is 105 Å². The summed E-state index contributed by atoms with van der Waals surface area (Å²) in [4.78, 5) is 18.6. The SMILES string of the molecule is CSCC(C)CNCc1ncncc1C(=O)O. The molecule has 0 aliphatic carbocycles. The largest absolute Gasteiger partial charge is 0.478 e. The molecular formula is C11H17N3O2S. The van der Waals surface area contributed by atoms with E-state index in [1.807, 2.05) is 0 Å². The number of carboxylic acid groups (broad SMARTS) is 1. The maximum atomic E-state index is 10.9. The molecule has 0 aliphatic heterocycles. The highest BCUT2D eigenvalue weighted by Crippen LogP contribution is 2.05. The van der Waals surface area contributed by atoms with Gasteiger partial charge in [-0.2, -0.15) is 11.8 Å². The Morgan fingerprint density at radius 2 is 2.41 bits per heavy atom. The van der Waals surface area contributed by atoms with Crippen LogP contribution in [-0.2, 0) is 6.54 Å². The average molecular weight is 255 g/mol. The summed E-state index contributed by atoms with van der Waals surface area (Å²) < 4.78 is 0. The standard InChI is InChI=1S/C11H17N3O2S/c1-8(6-17-2)3-12-5-10-9(11(15)16)4-13-7-14-10/h4,7-8,12H,3,5-6H2,1-2H3,(H,15,16). The Morgan fingerprint density at radius 1 is 1.65 bits per heavy atom. The van der Waals surface area contributed by atoms with Crippen molar-refractivity contribution in [3.8, 4) is 0 Å². The molecule has 1 atom stereocenters. The zero-order valence-corrected chi connectivity index (χ0v) is 10.8. The van der Waals surface area contributed by atoms with E-state index >= 15 is 0 Å². The van der Waals surface area contributed by atoms with Gasteiger partial charge in [0.05, 0.1) is 5.69 Å². The van der Waals surface area contributed by atoms with Crippen LogP contribution in [0.25, 0.3) is 0 Å². The summed E-state index contributed by atoms with van der Waals surface area (Å²) in [7, 11) is 0. The first kappa shape index (κ1) is 13.9. The van der Waals surface area contributed by atoms with E-state index < -0.39 is 5.97 Å². The number of nitrogens with one attached hydrogen (secondary N) is 1. The molecule has 17 heavy (non-hydrogen) atoms. The van der Waals surface area contributed by atoms with Crippen LogP contribution in [0.3, 0.4) is 0 Å². The fourth-order valence-electron chi connectivity index (χ4n) is 1.45. The van der Waals surface area contributed by atoms with Gasteiger partial charge in [-0.25, -0.2) is 14.8 Å². The maximum Gasteiger partial charge on any atom is 0.339 e. The Morgan fingerprint density at radius 3 is 3.06 bits per heavy atom. The van der Waals surface area contributed by atoms with Crippen molar-refractivity contribution in [2.24, 2.45) is 5.92 Å². The van der Waals surface area contributed by atoms with Crippen molar-refractivity contribution in [2.45, 2.75) is 13.5 Å². The van der Waals surface area contributed by atoms with Crippen LogP contribution in [0.1, 0.15) is 23.0 Å². The molecule has 5 nitrogen and oxygen atoms in total. The van der Waals surface area contributed by atoms with Crippen molar-refractivity contribution in [3.05, 3.63) is 23.8 Å². The predicted molar refractivity (Wildman–Crippen MR) is 68.2 cm³/mol. The first-order valence-electron chi connectivity index (χ1n) is 5.37. The number of hydrogen-bond donors (Lipinski definition) is 2. The van der Waals surface area contributed by atoms with E-state index in [1.165, 1.54) is 12.5 Å². The van der Waals surface area contributed by atoms with Crippen molar-refractivity contribution in [1.29, 1.82) is 0 Å². The zero-order chi connectivity index (χ0) is 12.7. The van der Waals surface area contributed by atoms with E-state index in [4.69, 9.17) is 5.11 Å². The number of hydrogen-bond acceptors (Lipinski definition) is 5. The predicted octanol–water partition coefficient (Wildman–Crippen LogP) is 1.26. The minimum atomic E-state index is -0.987. The first-order chi connectivity index (χ1) is 8.15. The summed E-state index contributed by atoms with van der Waals surface area (Å²) in [6, 6.07) is 0. The number of carbonyl (C=O) groups is 1. The maximum absolute atomic E-state index is 10.9. The molecule has 0 spiro atoms. The summed E-state index contributed by atoms with van der Waals surface area (Å²) in [6.45, 7) is 3.47. The average Bonchev–Trinajstić information content (AvgIpc) is 2.30. The van der Waals surface area contributed by atoms with Crippen molar-refractivity contribution in [2.75, 3.05) is 18.6 Å². The third-order valence-electron chi connectivity index (χ3n) is 2.26. The zero-order valence-electron chi connectivity index (χ0n) is 10.0. The summed E-state index contributed by atoms with van der Waals surface area (Å²) in [6.07, 6.45) is 4.77. The quantitative estimate of drug-likeness (QED) is 0.764. The van der Waals surface area contributed by atoms with Crippen molar-refractivity contribution < 1.29 is 9.90 Å². The lowest BCUT2D eigenvalue weighted by atomic mass is 10.2. The summed E-state index contributed by atoms with van der Waals surface area (Å²) >= 11 is 1.80. The molecule has 0 radical (unpaired) electrons. The van der Waals surface area contributed by atoms with Crippen LogP contribution in [0, 0.1) is 5.92 Å². The summed E-state index contributed by atoms with van der Waals surface area (Å²) in [5, 5.41) is 12.2. The number of rotatable bonds is 7. The molecule has 1 rings (SSSR count). The van der Waals surface area contributed by atoms with E-state index in [9.17, 15) is 4.79 Å². The normalized spacial score (nSPS) is 12.4. The lowest BCUT2D eigenvalue weighted by Gasteiger charge is -2.11. The molecule has 0 aliphatic rings. The van der Waals surface area contributed by atoms with Crippen LogP contribution in [0.4, 0.5) is 0 Å². The second kappa shape index (κ2) is 7.24. The van der Waals surface area contributed by atoms with Gasteiger partial charge in [-0.05, 0) is 24.5 Å². The molecule has 1 unspecified atom stereocenters. The topological polar surface area (TPSA) is 75.1 Å². The van der Waals surface area contributed by atoms with Gasteiger partial charge in [0.15, 0.2) is 0 Å². The van der Waals surface area contributed by atoms with Crippen LogP contribution < -0.4 is 5.32 Å². The highest BCUT2D eigenvalue weighted by atomic mass is 32.2. The Bertz CT molecular complexity index is 373. The Hall–Kier alpha value is -1.14. The van der Waals surface area contributed by atoms with Gasteiger partial charge in [0.25, 0.3) is 0 Å². The van der Waals surface area contributed by atoms with Crippen LogP contribution in [0.5, 0.6) is 0 Å². The number of aromatic nitrogens is 2. The molecule has 1 heterocycles. The van der Waals surface area contributed by atoms with Crippen LogP contribution >= 0.6 is 11.8 Å². The monoisotopic (exact) mass is 255 g/mol. The van der Waals surface area contributed by atoms with Crippen LogP contribution in [-0.4, -0.2) is 39.6 Å². The Kier molecular flexibility index (Phi) is 5.93. The lowest BCUT2D eigenvalue weighted by Crippen LogP contribution is -2.23. The minimum absolute atomic E-state index is 0.164. The molecule has 0 fully saturated rings. The molecule has 0 amide bonds. The molecule has 0 aromatic carbocycles. The second-order valence-electron chi connectivity index (χ2n) is 3.88. The van der Waals surface area contributed by atoms with E-state index in [0.29, 0.717) is 18.2 Å². The highest BCUT2D eigenvalue weighted by Gasteiger charge is 2.11. The number of nitrogens with zero attached hydrogens (tertiary/aromatic N) is 2. The molecule has 6 heteroatoms. The van der Waals surface area contributed by atoms with Gasteiger partial charge in [-0.1, -0.05) is 6.92 Å². The first-order valence-corrected chi connectivity index (χ1v) is 6.76. The van der Waals surface area contributed by atoms with Crippen LogP contribution in [0.2, 0.25) is 0 Å². The van der Waals surface area contributed by atoms with Gasteiger partial charge >= 0.3 is 5.97 Å². The van der Waals surface area contributed by atoms with Crippen molar-refractivity contribution >= 4 is 17.7 Å². The number of aromatic carboxylic acids is 1. The molecule has 1 aromatic rings. The molecule has 2 N–H and O–H groups in total. The molecule has 1 aromatic heterocycles. The van der Waals surface area contributed by atoms with Gasteiger partial charge in [0.1, 0.15) is 11.9 Å². The number of thioether (sulfide) groups is 1. The molecule has 94 valence electrons. The lowest BCUT2D eigenvalue weighted by molar-refractivity contribution is 0.0694. The van der Waals surface area contributed by atoms with Gasteiger partial charge in [-0.3, -0.25) is 0 Å². The smallest absolute Gasteiger partial charge is 0.339 e. The van der Waals surface area contributed by atoms with Crippen molar-refractivity contribution in [1.82, 2.24) is 15.3 Å². The summed E-state index contributed by atoms with van der Waals surface area (Å²) in [5.41, 5.74) is 0.696. The molecule has 0 saturated heterocycles. The fourth-order valence-corrected chi connectivity index (χ4v) is 2.14. The molecular weight excluding hydrogens is 238 g/mol. The van der Waals surface area contributed by atoms with Gasteiger partial charge in [0.2, 0.25) is 0 Å². The van der Waals surface area contributed by atoms with E-state index in [0.717, 1.165) is 12.3 Å². The van der Waals surface area contributed by atoms with Crippen LogP contribution in [0.15, 0.2) is 12.5 Å². The molecule has 0 bridgehead atoms. The fraction of sp³-hybridized carbons (Fsp3) is 0.545. The van der Waals surface area contributed by atoms with E-state index in [2.05, 4.69) is 28.5 Å². The minimum Gasteiger partial charge on any atom is -0.478 e. The third kappa shape index (κ3) is 4.70. The number of carboxylic acids is 1. The van der Waals surface area contributed by atoms with Crippen molar-refractivity contribution in [3.63, 3.8) is 0 Å². The third-order valence-corrected chi connectivity index (χ3v) is 3.16. The van der Waals surface area contributed by atoms with Gasteiger partial charge in [-0.15, -0.1) is 0 Å².